The molecule has 2 aliphatic heterocycles. The Hall–Kier alpha value is -2.74. The van der Waals surface area contributed by atoms with E-state index in [0.29, 0.717) is 30.4 Å². The maximum absolute atomic E-state index is 13.0. The second-order valence-corrected chi connectivity index (χ2v) is 12.4. The predicted octanol–water partition coefficient (Wildman–Crippen LogP) is 1.79. The fourth-order valence-corrected chi connectivity index (χ4v) is 9.10. The number of hydrogen-bond donors (Lipinski definition) is 3. The van der Waals surface area contributed by atoms with Crippen LogP contribution < -0.4 is 16.4 Å². The summed E-state index contributed by atoms with van der Waals surface area (Å²) in [5.41, 5.74) is 9.55. The van der Waals surface area contributed by atoms with Crippen LogP contribution in [0.5, 0.6) is 0 Å². The van der Waals surface area contributed by atoms with E-state index >= 15 is 0 Å². The number of aryl methyl sites for hydroxylation is 1. The number of benzene rings is 1. The zero-order valence-corrected chi connectivity index (χ0v) is 20.6. The second kappa shape index (κ2) is 7.63. The van der Waals surface area contributed by atoms with Crippen LogP contribution in [-0.4, -0.2) is 46.2 Å². The van der Waals surface area contributed by atoms with Gasteiger partial charge in [-0.15, -0.1) is 0 Å². The van der Waals surface area contributed by atoms with Crippen molar-refractivity contribution in [3.63, 3.8) is 0 Å². The molecule has 4 atom stereocenters. The monoisotopic (exact) mass is 490 g/mol. The largest absolute Gasteiger partial charge is 0.349 e. The van der Waals surface area contributed by atoms with E-state index in [2.05, 4.69) is 10.6 Å². The van der Waals surface area contributed by atoms with Gasteiger partial charge in [-0.05, 0) is 98.1 Å². The highest BCUT2D eigenvalue weighted by Gasteiger charge is 2.77. The number of hydrogen-bond acceptors (Lipinski definition) is 5. The fourth-order valence-electron chi connectivity index (χ4n) is 9.10. The summed E-state index contributed by atoms with van der Waals surface area (Å²) in [5, 5.41) is 5.75. The van der Waals surface area contributed by atoms with Crippen LogP contribution in [0.3, 0.4) is 0 Å². The molecule has 190 valence electrons. The molecular weight excluding hydrogens is 456 g/mol. The zero-order chi connectivity index (χ0) is 24.8. The SMILES string of the molecule is N[C@@H](CCCc1cccc2c1CN(C1CCC(=O)NC1=O)C2=O)C(=O)NC12CC3CC4CC(C1)C43C2. The van der Waals surface area contributed by atoms with Crippen molar-refractivity contribution in [1.82, 2.24) is 15.5 Å². The number of nitrogens with zero attached hydrogens (tertiary/aromatic N) is 1. The van der Waals surface area contributed by atoms with Crippen molar-refractivity contribution in [2.75, 3.05) is 0 Å². The number of imide groups is 1. The number of nitrogens with two attached hydrogens (primary N) is 1. The summed E-state index contributed by atoms with van der Waals surface area (Å²) in [7, 11) is 0. The Balaban J connectivity index is 0.959. The van der Waals surface area contributed by atoms with Gasteiger partial charge < -0.3 is 16.0 Å². The molecule has 4 amide bonds. The van der Waals surface area contributed by atoms with E-state index in [1.807, 2.05) is 12.1 Å². The van der Waals surface area contributed by atoms with Crippen LogP contribution in [0, 0.1) is 23.2 Å². The summed E-state index contributed by atoms with van der Waals surface area (Å²) >= 11 is 0. The van der Waals surface area contributed by atoms with Gasteiger partial charge in [0, 0.05) is 24.1 Å². The van der Waals surface area contributed by atoms with Crippen molar-refractivity contribution in [2.24, 2.45) is 28.9 Å². The third kappa shape index (κ3) is 3.03. The minimum Gasteiger partial charge on any atom is -0.349 e. The van der Waals surface area contributed by atoms with Gasteiger partial charge in [0.2, 0.25) is 17.7 Å². The second-order valence-electron chi connectivity index (χ2n) is 12.4. The molecule has 0 aromatic heterocycles. The summed E-state index contributed by atoms with van der Waals surface area (Å²) in [6, 6.07) is 4.56. The topological polar surface area (TPSA) is 122 Å². The van der Waals surface area contributed by atoms with Gasteiger partial charge in [-0.3, -0.25) is 24.5 Å². The first-order valence-corrected chi connectivity index (χ1v) is 13.6. The Morgan fingerprint density at radius 1 is 1.17 bits per heavy atom. The molecular formula is C28H34N4O4. The maximum atomic E-state index is 13.0. The molecule has 8 heteroatoms. The molecule has 8 nitrogen and oxygen atoms in total. The van der Waals surface area contributed by atoms with Gasteiger partial charge in [0.1, 0.15) is 6.04 Å². The van der Waals surface area contributed by atoms with Crippen molar-refractivity contribution in [3.05, 3.63) is 34.9 Å². The van der Waals surface area contributed by atoms with Gasteiger partial charge in [0.15, 0.2) is 0 Å². The zero-order valence-electron chi connectivity index (χ0n) is 20.6. The first-order chi connectivity index (χ1) is 17.3. The number of piperidine rings is 1. The Bertz CT molecular complexity index is 1180. The number of rotatable bonds is 7. The van der Waals surface area contributed by atoms with E-state index in [9.17, 15) is 19.2 Å². The molecule has 1 aromatic rings. The molecule has 4 saturated carbocycles. The van der Waals surface area contributed by atoms with Crippen LogP contribution in [0.4, 0.5) is 0 Å². The molecule has 4 N–H and O–H groups in total. The summed E-state index contributed by atoms with van der Waals surface area (Å²) in [6.07, 6.45) is 8.86. The smallest absolute Gasteiger partial charge is 0.255 e. The van der Waals surface area contributed by atoms with Crippen LogP contribution >= 0.6 is 0 Å². The number of carbonyl (C=O) groups excluding carboxylic acids is 4. The first kappa shape index (κ1) is 22.5. The molecule has 1 aromatic carbocycles. The van der Waals surface area contributed by atoms with Crippen LogP contribution in [-0.2, 0) is 27.3 Å². The van der Waals surface area contributed by atoms with Crippen LogP contribution in [0.25, 0.3) is 0 Å². The van der Waals surface area contributed by atoms with Gasteiger partial charge in [-0.25, -0.2) is 0 Å². The van der Waals surface area contributed by atoms with E-state index in [1.165, 1.54) is 19.3 Å². The molecule has 3 unspecified atom stereocenters. The molecule has 36 heavy (non-hydrogen) atoms. The lowest BCUT2D eigenvalue weighted by Crippen LogP contribution is -2.60. The minimum atomic E-state index is -0.613. The van der Waals surface area contributed by atoms with Crippen LogP contribution in [0.1, 0.15) is 79.3 Å². The summed E-state index contributed by atoms with van der Waals surface area (Å²) in [5.74, 6) is 1.73. The third-order valence-electron chi connectivity index (χ3n) is 10.7. The molecule has 1 saturated heterocycles. The highest BCUT2D eigenvalue weighted by Crippen LogP contribution is 2.82. The highest BCUT2D eigenvalue weighted by atomic mass is 16.2. The predicted molar refractivity (Wildman–Crippen MR) is 130 cm³/mol. The Morgan fingerprint density at radius 2 is 1.94 bits per heavy atom. The van der Waals surface area contributed by atoms with E-state index in [4.69, 9.17) is 5.73 Å². The number of amides is 4. The fraction of sp³-hybridized carbons (Fsp3) is 0.643. The quantitative estimate of drug-likeness (QED) is 0.503. The van der Waals surface area contributed by atoms with Gasteiger partial charge >= 0.3 is 0 Å². The normalized spacial score (nSPS) is 38.1. The molecule has 2 bridgehead atoms. The average molecular weight is 491 g/mol. The average Bonchev–Trinajstić information content (AvgIpc) is 3.43. The standard InChI is InChI=1S/C28H34N4O4/c29-21(24(34)31-27-11-17-9-16-10-18(12-27)28(16,17)14-27)6-2-4-15-3-1-5-19-20(15)13-32(26(19)36)22-7-8-23(33)30-25(22)35/h1,3,5,16-18,21-22H,2,4,6-14,29H2,(H,31,34)(H,30,33,35)/t16?,17?,18?,21-,22?,27?,28?/m0/s1. The van der Waals surface area contributed by atoms with E-state index in [-0.39, 0.29) is 29.7 Å². The highest BCUT2D eigenvalue weighted by molar-refractivity contribution is 6.05. The lowest BCUT2D eigenvalue weighted by molar-refractivity contribution is -0.176. The van der Waals surface area contributed by atoms with Crippen molar-refractivity contribution >= 4 is 23.6 Å². The Kier molecular flexibility index (Phi) is 4.76. The lowest BCUT2D eigenvalue weighted by Gasteiger charge is -2.66. The van der Waals surface area contributed by atoms with Crippen molar-refractivity contribution in [3.8, 4) is 0 Å². The van der Waals surface area contributed by atoms with Crippen molar-refractivity contribution < 1.29 is 19.2 Å². The van der Waals surface area contributed by atoms with E-state index < -0.39 is 18.0 Å². The molecule has 0 radical (unpaired) electrons. The first-order valence-electron chi connectivity index (χ1n) is 13.6. The maximum Gasteiger partial charge on any atom is 0.255 e. The molecule has 5 fully saturated rings. The van der Waals surface area contributed by atoms with Gasteiger partial charge in [-0.2, -0.15) is 0 Å². The Morgan fingerprint density at radius 3 is 2.64 bits per heavy atom. The molecule has 6 aliphatic rings. The van der Waals surface area contributed by atoms with E-state index in [0.717, 1.165) is 54.6 Å². The Labute approximate surface area is 210 Å². The molecule has 7 rings (SSSR count). The van der Waals surface area contributed by atoms with Gasteiger partial charge in [0.25, 0.3) is 5.91 Å². The van der Waals surface area contributed by atoms with Crippen molar-refractivity contribution in [1.29, 1.82) is 0 Å². The van der Waals surface area contributed by atoms with E-state index in [1.54, 1.807) is 11.0 Å². The molecule has 1 spiro atoms. The minimum absolute atomic E-state index is 0.00458. The number of fused-ring (bicyclic) bond motifs is 2. The summed E-state index contributed by atoms with van der Waals surface area (Å²) < 4.78 is 0. The van der Waals surface area contributed by atoms with Gasteiger partial charge in [-0.1, -0.05) is 12.1 Å². The molecule has 4 aliphatic carbocycles. The van der Waals surface area contributed by atoms with Gasteiger partial charge in [0.05, 0.1) is 6.04 Å². The van der Waals surface area contributed by atoms with Crippen LogP contribution in [0.15, 0.2) is 18.2 Å². The molecule has 2 heterocycles. The van der Waals surface area contributed by atoms with Crippen molar-refractivity contribution in [2.45, 2.75) is 88.4 Å². The van der Waals surface area contributed by atoms with Crippen LogP contribution in [0.2, 0.25) is 0 Å². The number of carbonyl (C=O) groups is 4. The number of nitrogens with one attached hydrogen (secondary N) is 2. The summed E-state index contributed by atoms with van der Waals surface area (Å²) in [6.45, 7) is 0.372. The summed E-state index contributed by atoms with van der Waals surface area (Å²) in [4.78, 5) is 51.5. The lowest BCUT2D eigenvalue weighted by atomic mass is 9.38. The third-order valence-corrected chi connectivity index (χ3v) is 10.7.